The summed E-state index contributed by atoms with van der Waals surface area (Å²) < 4.78 is 20.8. The van der Waals surface area contributed by atoms with Gasteiger partial charge in [0.05, 0.1) is 12.9 Å². The van der Waals surface area contributed by atoms with Crippen LogP contribution in [0.5, 0.6) is 0 Å². The average molecular weight is 581 g/mol. The van der Waals surface area contributed by atoms with E-state index in [1.165, 1.54) is 11.9 Å². The SMILES string of the molecule is CCN(C[C@H]1OC[C@@]2(n3cnc4c(N)ncnc43)OC(C)(C)O[C@H]12)C(=O)CCNC(=O)Nc1ccc(C(C)(C)C)cc1. The first kappa shape index (κ1) is 29.7. The molecule has 42 heavy (non-hydrogen) atoms. The minimum absolute atomic E-state index is 0.0296. The molecular formula is C29H40N8O5. The third kappa shape index (κ3) is 5.76. The van der Waals surface area contributed by atoms with E-state index in [1.54, 1.807) is 15.8 Å². The zero-order valence-corrected chi connectivity index (χ0v) is 25.0. The number of aromatic nitrogens is 4. The Kier molecular flexibility index (Phi) is 7.86. The molecule has 4 N–H and O–H groups in total. The Balaban J connectivity index is 1.19. The van der Waals surface area contributed by atoms with Gasteiger partial charge in [0.2, 0.25) is 11.6 Å². The van der Waals surface area contributed by atoms with Crippen molar-refractivity contribution in [2.75, 3.05) is 37.3 Å². The number of nitrogens with zero attached hydrogens (tertiary/aromatic N) is 5. The number of hydrogen-bond donors (Lipinski definition) is 3. The molecule has 13 heteroatoms. The lowest BCUT2D eigenvalue weighted by Crippen LogP contribution is -2.48. The van der Waals surface area contributed by atoms with Crippen molar-refractivity contribution in [2.45, 2.75) is 77.1 Å². The van der Waals surface area contributed by atoms with Crippen molar-refractivity contribution in [2.24, 2.45) is 0 Å². The summed E-state index contributed by atoms with van der Waals surface area (Å²) in [6.45, 7) is 13.1. The second-order valence-electron chi connectivity index (χ2n) is 12.2. The van der Waals surface area contributed by atoms with Gasteiger partial charge in [0.25, 0.3) is 0 Å². The molecule has 0 saturated carbocycles. The number of likely N-dealkylation sites (N-methyl/N-ethyl adjacent to an activating group) is 1. The Morgan fingerprint density at radius 3 is 2.60 bits per heavy atom. The van der Waals surface area contributed by atoms with Gasteiger partial charge in [0, 0.05) is 31.7 Å². The monoisotopic (exact) mass is 580 g/mol. The Morgan fingerprint density at radius 1 is 1.17 bits per heavy atom. The van der Waals surface area contributed by atoms with Crippen LogP contribution in [0.15, 0.2) is 36.9 Å². The van der Waals surface area contributed by atoms with E-state index < -0.39 is 23.7 Å². The molecule has 226 valence electrons. The summed E-state index contributed by atoms with van der Waals surface area (Å²) in [6, 6.07) is 7.37. The topological polar surface area (TPSA) is 159 Å². The van der Waals surface area contributed by atoms with E-state index >= 15 is 0 Å². The molecule has 3 atom stereocenters. The number of amides is 3. The molecule has 0 spiro atoms. The van der Waals surface area contributed by atoms with Gasteiger partial charge in [-0.25, -0.2) is 19.7 Å². The zero-order chi connectivity index (χ0) is 30.3. The molecule has 2 aromatic heterocycles. The fourth-order valence-corrected chi connectivity index (χ4v) is 5.53. The second kappa shape index (κ2) is 11.1. The van der Waals surface area contributed by atoms with Crippen LogP contribution in [0.2, 0.25) is 0 Å². The summed E-state index contributed by atoms with van der Waals surface area (Å²) in [4.78, 5) is 40.1. The lowest BCUT2D eigenvalue weighted by atomic mass is 9.87. The number of urea groups is 1. The van der Waals surface area contributed by atoms with Gasteiger partial charge in [-0.15, -0.1) is 0 Å². The average Bonchev–Trinajstić information content (AvgIpc) is 3.57. The zero-order valence-electron chi connectivity index (χ0n) is 25.0. The van der Waals surface area contributed by atoms with Gasteiger partial charge >= 0.3 is 6.03 Å². The molecule has 0 unspecified atom stereocenters. The van der Waals surface area contributed by atoms with Crippen molar-refractivity contribution in [1.29, 1.82) is 0 Å². The van der Waals surface area contributed by atoms with Gasteiger partial charge in [-0.05, 0) is 43.9 Å². The van der Waals surface area contributed by atoms with Crippen molar-refractivity contribution in [3.63, 3.8) is 0 Å². The molecule has 5 rings (SSSR count). The minimum Gasteiger partial charge on any atom is -0.382 e. The standard InChI is InChI=1S/C29H40N8O5/c1-7-36(21(38)12-13-31-26(39)35-19-10-8-18(9-11-19)27(2,3)4)14-20-23-29(15-40-20,42-28(5,6)41-23)37-17-34-22-24(30)32-16-33-25(22)37/h8-11,16-17,20,23H,7,12-15H2,1-6H3,(H2,30,32,33)(H2,31,35,39)/t20-,23-,29-/m1/s1. The molecule has 0 radical (unpaired) electrons. The highest BCUT2D eigenvalue weighted by molar-refractivity contribution is 5.89. The van der Waals surface area contributed by atoms with Gasteiger partial charge in [0.15, 0.2) is 17.3 Å². The van der Waals surface area contributed by atoms with E-state index in [4.69, 9.17) is 19.9 Å². The third-order valence-electron chi connectivity index (χ3n) is 7.66. The minimum atomic E-state index is -1.04. The number of fused-ring (bicyclic) bond motifs is 2. The Hall–Kier alpha value is -3.81. The highest BCUT2D eigenvalue weighted by atomic mass is 16.8. The molecule has 2 fully saturated rings. The summed E-state index contributed by atoms with van der Waals surface area (Å²) in [7, 11) is 0. The fraction of sp³-hybridized carbons (Fsp3) is 0.552. The van der Waals surface area contributed by atoms with Crippen molar-refractivity contribution in [1.82, 2.24) is 29.7 Å². The number of imidazole rings is 1. The predicted molar refractivity (Wildman–Crippen MR) is 157 cm³/mol. The smallest absolute Gasteiger partial charge is 0.319 e. The summed E-state index contributed by atoms with van der Waals surface area (Å²) >= 11 is 0. The maximum atomic E-state index is 13.2. The normalized spacial score (nSPS) is 23.1. The van der Waals surface area contributed by atoms with Crippen molar-refractivity contribution in [3.8, 4) is 0 Å². The van der Waals surface area contributed by atoms with Gasteiger partial charge in [-0.3, -0.25) is 9.36 Å². The van der Waals surface area contributed by atoms with Crippen LogP contribution in [-0.4, -0.2) is 80.6 Å². The lowest BCUT2D eigenvalue weighted by Gasteiger charge is -2.29. The number of nitrogen functional groups attached to an aromatic ring is 1. The Bertz CT molecular complexity index is 1450. The van der Waals surface area contributed by atoms with Crippen LogP contribution in [-0.2, 0) is 30.1 Å². The maximum absolute atomic E-state index is 13.2. The van der Waals surface area contributed by atoms with E-state index in [2.05, 4.69) is 46.4 Å². The first-order valence-electron chi connectivity index (χ1n) is 14.2. The van der Waals surface area contributed by atoms with Crippen molar-refractivity contribution >= 4 is 34.6 Å². The molecular weight excluding hydrogens is 540 g/mol. The second-order valence-corrected chi connectivity index (χ2v) is 12.2. The van der Waals surface area contributed by atoms with Gasteiger partial charge in [-0.2, -0.15) is 0 Å². The summed E-state index contributed by atoms with van der Waals surface area (Å²) in [5.74, 6) is -0.753. The maximum Gasteiger partial charge on any atom is 0.319 e. The molecule has 2 saturated heterocycles. The quantitative estimate of drug-likeness (QED) is 0.364. The molecule has 1 aromatic carbocycles. The van der Waals surface area contributed by atoms with E-state index in [-0.39, 0.29) is 49.3 Å². The number of nitrogens with two attached hydrogens (primary N) is 1. The molecule has 3 aromatic rings. The summed E-state index contributed by atoms with van der Waals surface area (Å²) in [5, 5.41) is 5.58. The van der Waals surface area contributed by atoms with Crippen LogP contribution < -0.4 is 16.4 Å². The van der Waals surface area contributed by atoms with Gasteiger partial charge < -0.3 is 35.5 Å². The molecule has 2 aliphatic heterocycles. The number of carbonyl (C=O) groups is 2. The van der Waals surface area contributed by atoms with E-state index in [0.717, 1.165) is 0 Å². The number of carbonyl (C=O) groups excluding carboxylic acids is 2. The molecule has 2 aliphatic rings. The molecule has 4 heterocycles. The largest absolute Gasteiger partial charge is 0.382 e. The summed E-state index contributed by atoms with van der Waals surface area (Å²) in [5.41, 5.74) is 7.84. The molecule has 13 nitrogen and oxygen atoms in total. The van der Waals surface area contributed by atoms with Crippen LogP contribution in [0.1, 0.15) is 53.5 Å². The number of anilines is 2. The lowest BCUT2D eigenvalue weighted by molar-refractivity contribution is -0.205. The van der Waals surface area contributed by atoms with Gasteiger partial charge in [0.1, 0.15) is 24.1 Å². The van der Waals surface area contributed by atoms with Crippen LogP contribution in [0.4, 0.5) is 16.3 Å². The summed E-state index contributed by atoms with van der Waals surface area (Å²) in [6.07, 6.45) is 2.11. The van der Waals surface area contributed by atoms with Gasteiger partial charge in [-0.1, -0.05) is 32.9 Å². The van der Waals surface area contributed by atoms with E-state index in [9.17, 15) is 9.59 Å². The number of benzene rings is 1. The first-order chi connectivity index (χ1) is 19.8. The molecule has 0 aliphatic carbocycles. The highest BCUT2D eigenvalue weighted by Gasteiger charge is 2.63. The third-order valence-corrected chi connectivity index (χ3v) is 7.66. The first-order valence-corrected chi connectivity index (χ1v) is 14.2. The van der Waals surface area contributed by atoms with E-state index in [0.29, 0.717) is 23.4 Å². The number of hydrogen-bond acceptors (Lipinski definition) is 9. The molecule has 0 bridgehead atoms. The van der Waals surface area contributed by atoms with Crippen LogP contribution in [0.25, 0.3) is 11.2 Å². The van der Waals surface area contributed by atoms with Crippen LogP contribution in [0.3, 0.4) is 0 Å². The predicted octanol–water partition coefficient (Wildman–Crippen LogP) is 2.97. The Labute approximate surface area is 245 Å². The number of nitrogens with one attached hydrogen (secondary N) is 2. The number of ether oxygens (including phenoxy) is 3. The van der Waals surface area contributed by atoms with Crippen LogP contribution >= 0.6 is 0 Å². The van der Waals surface area contributed by atoms with Crippen LogP contribution in [0, 0.1) is 0 Å². The molecule has 3 amide bonds. The van der Waals surface area contributed by atoms with Crippen molar-refractivity contribution in [3.05, 3.63) is 42.5 Å². The van der Waals surface area contributed by atoms with E-state index in [1.807, 2.05) is 45.0 Å². The Morgan fingerprint density at radius 2 is 1.90 bits per heavy atom. The van der Waals surface area contributed by atoms with Crippen molar-refractivity contribution < 1.29 is 23.8 Å². The fourth-order valence-electron chi connectivity index (χ4n) is 5.53. The number of rotatable bonds is 8. The highest BCUT2D eigenvalue weighted by Crippen LogP contribution is 2.47.